The highest BCUT2D eigenvalue weighted by Gasteiger charge is 2.32. The van der Waals surface area contributed by atoms with Crippen LogP contribution in [0.5, 0.6) is 0 Å². The van der Waals surface area contributed by atoms with Crippen molar-refractivity contribution in [1.29, 1.82) is 0 Å². The molecule has 2 aliphatic heterocycles. The fraction of sp³-hybridized carbons (Fsp3) is 0.357. The molecule has 0 aromatic heterocycles. The molecule has 1 atom stereocenters. The summed E-state index contributed by atoms with van der Waals surface area (Å²) in [6, 6.07) is 15.4. The molecule has 8 heteroatoms. The van der Waals surface area contributed by atoms with Crippen molar-refractivity contribution in [2.75, 3.05) is 23.3 Å². The second-order valence-electron chi connectivity index (χ2n) is 9.61. The van der Waals surface area contributed by atoms with Gasteiger partial charge in [0.25, 0.3) is 11.8 Å². The number of rotatable bonds is 7. The van der Waals surface area contributed by atoms with E-state index in [4.69, 9.17) is 0 Å². The van der Waals surface area contributed by atoms with Crippen LogP contribution in [0.1, 0.15) is 66.7 Å². The molecule has 5 rings (SSSR count). The summed E-state index contributed by atoms with van der Waals surface area (Å²) < 4.78 is 27.8. The van der Waals surface area contributed by atoms with E-state index < -0.39 is 10.0 Å². The Hall–Kier alpha value is -3.23. The van der Waals surface area contributed by atoms with E-state index in [1.54, 1.807) is 28.6 Å². The van der Waals surface area contributed by atoms with Crippen LogP contribution in [0, 0.1) is 0 Å². The first-order valence-electron chi connectivity index (χ1n) is 12.6. The summed E-state index contributed by atoms with van der Waals surface area (Å²) in [5, 5.41) is 4.62. The molecule has 2 heterocycles. The van der Waals surface area contributed by atoms with Crippen LogP contribution < -0.4 is 10.2 Å². The fourth-order valence-electron chi connectivity index (χ4n) is 5.23. The lowest BCUT2D eigenvalue weighted by Crippen LogP contribution is -2.41. The van der Waals surface area contributed by atoms with E-state index in [1.807, 2.05) is 30.0 Å². The molecule has 188 valence electrons. The normalized spacial score (nSPS) is 18.1. The lowest BCUT2D eigenvalue weighted by Gasteiger charge is -2.32. The van der Waals surface area contributed by atoms with Gasteiger partial charge in [0, 0.05) is 46.7 Å². The Morgan fingerprint density at radius 1 is 1.06 bits per heavy atom. The molecule has 3 aromatic carbocycles. The van der Waals surface area contributed by atoms with Gasteiger partial charge in [0.15, 0.2) is 0 Å². The Kier molecular flexibility index (Phi) is 6.57. The average molecular weight is 506 g/mol. The lowest BCUT2D eigenvalue weighted by atomic mass is 10.0. The molecule has 2 amide bonds. The number of unbranched alkanes of at least 4 members (excludes halogenated alkanes) is 1. The minimum atomic E-state index is -3.60. The topological polar surface area (TPSA) is 86.8 Å². The number of amides is 2. The summed E-state index contributed by atoms with van der Waals surface area (Å²) >= 11 is 0. The fourth-order valence-corrected chi connectivity index (χ4v) is 6.93. The number of nitrogens with zero attached hydrogens (tertiary/aromatic N) is 2. The van der Waals surface area contributed by atoms with Gasteiger partial charge in [0.05, 0.1) is 10.6 Å². The number of sulfonamides is 1. The van der Waals surface area contributed by atoms with Crippen LogP contribution in [-0.4, -0.2) is 43.7 Å². The zero-order chi connectivity index (χ0) is 25.4. The standard InChI is InChI=1S/C28H31N3O4S/c1-3-4-17-30-25-10-7-9-22-24(16-15-23(26(22)25)28(30)33)29-27(32)20-11-13-21(14-12-20)36(34,35)31-18-6-5-8-19(31)2/h7,9-16,19H,3-6,8,17-18H2,1-2H3,(H,29,32). The van der Waals surface area contributed by atoms with Gasteiger partial charge in [0.2, 0.25) is 10.0 Å². The van der Waals surface area contributed by atoms with Crippen molar-refractivity contribution >= 4 is 44.0 Å². The summed E-state index contributed by atoms with van der Waals surface area (Å²) in [7, 11) is -3.60. The van der Waals surface area contributed by atoms with Gasteiger partial charge >= 0.3 is 0 Å². The van der Waals surface area contributed by atoms with Gasteiger partial charge in [0.1, 0.15) is 0 Å². The third kappa shape index (κ3) is 4.18. The van der Waals surface area contributed by atoms with Gasteiger partial charge in [-0.2, -0.15) is 4.31 Å². The highest BCUT2D eigenvalue weighted by Crippen LogP contribution is 2.40. The van der Waals surface area contributed by atoms with Crippen LogP contribution in [0.3, 0.4) is 0 Å². The van der Waals surface area contributed by atoms with E-state index in [0.29, 0.717) is 29.9 Å². The van der Waals surface area contributed by atoms with E-state index >= 15 is 0 Å². The van der Waals surface area contributed by atoms with E-state index in [2.05, 4.69) is 12.2 Å². The van der Waals surface area contributed by atoms with Crippen molar-refractivity contribution in [3.05, 3.63) is 65.7 Å². The number of hydrogen-bond acceptors (Lipinski definition) is 4. The second kappa shape index (κ2) is 9.67. The lowest BCUT2D eigenvalue weighted by molar-refractivity contribution is 0.0991. The molecule has 0 bridgehead atoms. The zero-order valence-corrected chi connectivity index (χ0v) is 21.5. The van der Waals surface area contributed by atoms with Gasteiger partial charge in [-0.05, 0) is 68.7 Å². The van der Waals surface area contributed by atoms with Crippen LogP contribution in [0.2, 0.25) is 0 Å². The molecular formula is C28H31N3O4S. The van der Waals surface area contributed by atoms with Crippen molar-refractivity contribution in [3.63, 3.8) is 0 Å². The third-order valence-electron chi connectivity index (χ3n) is 7.23. The predicted octanol–water partition coefficient (Wildman–Crippen LogP) is 5.42. The Balaban J connectivity index is 1.39. The van der Waals surface area contributed by atoms with Gasteiger partial charge in [-0.1, -0.05) is 31.9 Å². The minimum Gasteiger partial charge on any atom is -0.321 e. The summed E-state index contributed by atoms with van der Waals surface area (Å²) in [5.74, 6) is -0.342. The predicted molar refractivity (Wildman–Crippen MR) is 142 cm³/mol. The van der Waals surface area contributed by atoms with E-state index in [1.165, 1.54) is 12.1 Å². The molecule has 2 aliphatic rings. The molecule has 1 N–H and O–H groups in total. The monoisotopic (exact) mass is 505 g/mol. The first-order valence-corrected chi connectivity index (χ1v) is 14.1. The van der Waals surface area contributed by atoms with Crippen molar-refractivity contribution in [2.45, 2.75) is 56.9 Å². The molecule has 36 heavy (non-hydrogen) atoms. The van der Waals surface area contributed by atoms with Crippen molar-refractivity contribution in [3.8, 4) is 0 Å². The SMILES string of the molecule is CCCCN1C(=O)c2ccc(NC(=O)c3ccc(S(=O)(=O)N4CCCCC4C)cc3)c3cccc1c23. The highest BCUT2D eigenvalue weighted by molar-refractivity contribution is 7.89. The number of carbonyl (C=O) groups is 2. The Bertz CT molecular complexity index is 1430. The Labute approximate surface area is 212 Å². The maximum atomic E-state index is 13.1. The number of anilines is 2. The van der Waals surface area contributed by atoms with Gasteiger partial charge in [-0.3, -0.25) is 9.59 Å². The van der Waals surface area contributed by atoms with Gasteiger partial charge < -0.3 is 10.2 Å². The maximum Gasteiger partial charge on any atom is 0.258 e. The van der Waals surface area contributed by atoms with Gasteiger partial charge in [-0.15, -0.1) is 0 Å². The van der Waals surface area contributed by atoms with Crippen LogP contribution >= 0.6 is 0 Å². The molecule has 1 fully saturated rings. The van der Waals surface area contributed by atoms with Crippen LogP contribution in [0.25, 0.3) is 10.8 Å². The smallest absolute Gasteiger partial charge is 0.258 e. The first-order chi connectivity index (χ1) is 17.3. The number of piperidine rings is 1. The minimum absolute atomic E-state index is 0.00708. The van der Waals surface area contributed by atoms with Gasteiger partial charge in [-0.25, -0.2) is 8.42 Å². The maximum absolute atomic E-state index is 13.1. The molecular weight excluding hydrogens is 474 g/mol. The van der Waals surface area contributed by atoms with Crippen LogP contribution in [-0.2, 0) is 10.0 Å². The zero-order valence-electron chi connectivity index (χ0n) is 20.7. The highest BCUT2D eigenvalue weighted by atomic mass is 32.2. The number of hydrogen-bond donors (Lipinski definition) is 1. The molecule has 3 aromatic rings. The van der Waals surface area contributed by atoms with Crippen molar-refractivity contribution in [2.24, 2.45) is 0 Å². The number of carbonyl (C=O) groups excluding carboxylic acids is 2. The van der Waals surface area contributed by atoms with E-state index in [0.717, 1.165) is 48.6 Å². The largest absolute Gasteiger partial charge is 0.321 e. The molecule has 7 nitrogen and oxygen atoms in total. The Morgan fingerprint density at radius 2 is 1.83 bits per heavy atom. The first kappa shape index (κ1) is 24.5. The summed E-state index contributed by atoms with van der Waals surface area (Å²) in [6.07, 6.45) is 4.67. The van der Waals surface area contributed by atoms with E-state index in [-0.39, 0.29) is 22.8 Å². The summed E-state index contributed by atoms with van der Waals surface area (Å²) in [4.78, 5) is 28.1. The average Bonchev–Trinajstić information content (AvgIpc) is 3.16. The van der Waals surface area contributed by atoms with Crippen LogP contribution in [0.15, 0.2) is 59.5 Å². The molecule has 0 radical (unpaired) electrons. The molecule has 1 saturated heterocycles. The Morgan fingerprint density at radius 3 is 2.56 bits per heavy atom. The molecule has 0 saturated carbocycles. The van der Waals surface area contributed by atoms with Crippen LogP contribution in [0.4, 0.5) is 11.4 Å². The summed E-state index contributed by atoms with van der Waals surface area (Å²) in [5.41, 5.74) is 2.50. The quantitative estimate of drug-likeness (QED) is 0.465. The molecule has 0 aliphatic carbocycles. The van der Waals surface area contributed by atoms with Crippen molar-refractivity contribution in [1.82, 2.24) is 4.31 Å². The third-order valence-corrected chi connectivity index (χ3v) is 9.26. The summed E-state index contributed by atoms with van der Waals surface area (Å²) in [6.45, 7) is 5.22. The molecule has 0 spiro atoms. The van der Waals surface area contributed by atoms with Crippen molar-refractivity contribution < 1.29 is 18.0 Å². The molecule has 1 unspecified atom stereocenters. The number of nitrogens with one attached hydrogen (secondary N) is 1. The second-order valence-corrected chi connectivity index (χ2v) is 11.5. The number of benzene rings is 3. The van der Waals surface area contributed by atoms with E-state index in [9.17, 15) is 18.0 Å².